The minimum atomic E-state index is -0.0944. The number of nitrogens with zero attached hydrogens (tertiary/aromatic N) is 2. The average molecular weight is 432 g/mol. The van der Waals surface area contributed by atoms with Gasteiger partial charge in [-0.25, -0.2) is 4.98 Å². The molecule has 1 N–H and O–H groups in total. The van der Waals surface area contributed by atoms with Gasteiger partial charge in [-0.1, -0.05) is 59.8 Å². The van der Waals surface area contributed by atoms with Gasteiger partial charge >= 0.3 is 0 Å². The summed E-state index contributed by atoms with van der Waals surface area (Å²) in [5, 5.41) is 3.79. The number of carbonyl (C=O) groups is 1. The first-order chi connectivity index (χ1) is 15.0. The second kappa shape index (κ2) is 9.27. The van der Waals surface area contributed by atoms with Crippen molar-refractivity contribution in [3.63, 3.8) is 0 Å². The van der Waals surface area contributed by atoms with Gasteiger partial charge in [0.15, 0.2) is 5.16 Å². The van der Waals surface area contributed by atoms with Crippen LogP contribution in [0.4, 0.5) is 5.69 Å². The zero-order valence-electron chi connectivity index (χ0n) is 17.9. The van der Waals surface area contributed by atoms with Crippen LogP contribution in [0.15, 0.2) is 71.9 Å². The zero-order chi connectivity index (χ0) is 21.8. The van der Waals surface area contributed by atoms with Crippen molar-refractivity contribution in [3.05, 3.63) is 83.4 Å². The number of fused-ring (bicyclic) bond motifs is 1. The third-order valence-corrected chi connectivity index (χ3v) is 5.98. The Bertz CT molecular complexity index is 1230. The highest BCUT2D eigenvalue weighted by Gasteiger charge is 2.14. The van der Waals surface area contributed by atoms with Crippen LogP contribution in [0, 0.1) is 13.8 Å². The molecular weight excluding hydrogens is 406 g/mol. The van der Waals surface area contributed by atoms with Crippen molar-refractivity contribution in [2.45, 2.75) is 25.5 Å². The molecule has 0 aliphatic rings. The van der Waals surface area contributed by atoms with E-state index >= 15 is 0 Å². The number of imidazole rings is 1. The van der Waals surface area contributed by atoms with E-state index in [0.29, 0.717) is 18.0 Å². The number of para-hydroxylation sites is 2. The van der Waals surface area contributed by atoms with E-state index in [0.717, 1.165) is 21.8 Å². The first-order valence-electron chi connectivity index (χ1n) is 10.1. The Morgan fingerprint density at radius 2 is 1.84 bits per heavy atom. The molecule has 0 aliphatic heterocycles. The molecule has 0 unspecified atom stereocenters. The number of aryl methyl sites for hydroxylation is 2. The summed E-state index contributed by atoms with van der Waals surface area (Å²) in [7, 11) is 1.60. The molecule has 4 rings (SSSR count). The van der Waals surface area contributed by atoms with E-state index in [9.17, 15) is 4.79 Å². The largest absolute Gasteiger partial charge is 0.495 e. The predicted molar refractivity (Wildman–Crippen MR) is 127 cm³/mol. The molecule has 1 amide bonds. The van der Waals surface area contributed by atoms with E-state index in [1.807, 2.05) is 43.3 Å². The van der Waals surface area contributed by atoms with Gasteiger partial charge in [0.05, 0.1) is 36.1 Å². The molecule has 1 aromatic heterocycles. The van der Waals surface area contributed by atoms with Gasteiger partial charge in [0.2, 0.25) is 5.91 Å². The summed E-state index contributed by atoms with van der Waals surface area (Å²) in [6.45, 7) is 4.78. The molecule has 5 nitrogen and oxygen atoms in total. The standard InChI is InChI=1S/C25H25N3O2S/c1-17-7-6-8-19(13-17)15-28-22-10-5-4-9-20(22)27-25(28)31-16-24(29)26-21-14-18(2)11-12-23(21)30-3/h4-14H,15-16H2,1-3H3,(H,26,29). The van der Waals surface area contributed by atoms with Crippen molar-refractivity contribution in [2.24, 2.45) is 0 Å². The Hall–Kier alpha value is -3.25. The minimum absolute atomic E-state index is 0.0944. The predicted octanol–water partition coefficient (Wildman–Crippen LogP) is 5.44. The van der Waals surface area contributed by atoms with Crippen LogP contribution in [0.2, 0.25) is 0 Å². The minimum Gasteiger partial charge on any atom is -0.495 e. The van der Waals surface area contributed by atoms with Gasteiger partial charge in [0, 0.05) is 0 Å². The highest BCUT2D eigenvalue weighted by Crippen LogP contribution is 2.28. The first kappa shape index (κ1) is 21.0. The lowest BCUT2D eigenvalue weighted by Gasteiger charge is -2.12. The Labute approximate surface area is 186 Å². The molecule has 0 atom stereocenters. The topological polar surface area (TPSA) is 56.1 Å². The number of ether oxygens (including phenoxy) is 1. The van der Waals surface area contributed by atoms with Crippen molar-refractivity contribution in [2.75, 3.05) is 18.2 Å². The molecule has 1 heterocycles. The Kier molecular flexibility index (Phi) is 6.28. The number of thioether (sulfide) groups is 1. The van der Waals surface area contributed by atoms with Gasteiger partial charge in [-0.15, -0.1) is 0 Å². The van der Waals surface area contributed by atoms with E-state index in [2.05, 4.69) is 47.1 Å². The lowest BCUT2D eigenvalue weighted by molar-refractivity contribution is -0.113. The molecule has 4 aromatic rings. The highest BCUT2D eigenvalue weighted by molar-refractivity contribution is 7.99. The van der Waals surface area contributed by atoms with Gasteiger partial charge in [-0.3, -0.25) is 4.79 Å². The molecule has 0 saturated carbocycles. The van der Waals surface area contributed by atoms with Crippen molar-refractivity contribution in [3.8, 4) is 5.75 Å². The van der Waals surface area contributed by atoms with Crippen LogP contribution in [0.1, 0.15) is 16.7 Å². The third kappa shape index (κ3) is 4.91. The van der Waals surface area contributed by atoms with Crippen LogP contribution in [0.3, 0.4) is 0 Å². The molecule has 0 saturated heterocycles. The molecule has 0 spiro atoms. The smallest absolute Gasteiger partial charge is 0.234 e. The van der Waals surface area contributed by atoms with Crippen molar-refractivity contribution >= 4 is 34.4 Å². The van der Waals surface area contributed by atoms with Crippen LogP contribution in [0.5, 0.6) is 5.75 Å². The lowest BCUT2D eigenvalue weighted by Crippen LogP contribution is -2.15. The van der Waals surface area contributed by atoms with Crippen molar-refractivity contribution in [1.82, 2.24) is 9.55 Å². The van der Waals surface area contributed by atoms with Crippen LogP contribution in [0.25, 0.3) is 11.0 Å². The van der Waals surface area contributed by atoms with E-state index in [4.69, 9.17) is 9.72 Å². The molecule has 158 valence electrons. The fourth-order valence-electron chi connectivity index (χ4n) is 3.55. The van der Waals surface area contributed by atoms with Crippen LogP contribution in [-0.2, 0) is 11.3 Å². The molecule has 0 radical (unpaired) electrons. The fraction of sp³-hybridized carbons (Fsp3) is 0.200. The van der Waals surface area contributed by atoms with E-state index in [1.54, 1.807) is 7.11 Å². The highest BCUT2D eigenvalue weighted by atomic mass is 32.2. The summed E-state index contributed by atoms with van der Waals surface area (Å²) < 4.78 is 7.54. The maximum Gasteiger partial charge on any atom is 0.234 e. The van der Waals surface area contributed by atoms with Gasteiger partial charge in [0.1, 0.15) is 5.75 Å². The summed E-state index contributed by atoms with van der Waals surface area (Å²) in [5.74, 6) is 0.813. The third-order valence-electron chi connectivity index (χ3n) is 5.00. The number of benzene rings is 3. The Morgan fingerprint density at radius 1 is 1.03 bits per heavy atom. The molecule has 6 heteroatoms. The zero-order valence-corrected chi connectivity index (χ0v) is 18.7. The summed E-state index contributed by atoms with van der Waals surface area (Å²) >= 11 is 1.44. The second-order valence-electron chi connectivity index (χ2n) is 7.50. The molecular formula is C25H25N3O2S. The molecule has 0 bridgehead atoms. The number of anilines is 1. The van der Waals surface area contributed by atoms with Gasteiger partial charge in [-0.2, -0.15) is 0 Å². The second-order valence-corrected chi connectivity index (χ2v) is 8.44. The molecule has 0 aliphatic carbocycles. The number of rotatable bonds is 7. The van der Waals surface area contributed by atoms with Gasteiger partial charge in [-0.05, 0) is 49.2 Å². The Morgan fingerprint density at radius 3 is 2.65 bits per heavy atom. The number of methoxy groups -OCH3 is 1. The Balaban J connectivity index is 1.54. The maximum atomic E-state index is 12.7. The van der Waals surface area contributed by atoms with E-state index in [-0.39, 0.29) is 11.7 Å². The maximum absolute atomic E-state index is 12.7. The van der Waals surface area contributed by atoms with Gasteiger partial charge in [0.25, 0.3) is 0 Å². The van der Waals surface area contributed by atoms with Crippen LogP contribution < -0.4 is 10.1 Å². The quantitative estimate of drug-likeness (QED) is 0.396. The first-order valence-corrected chi connectivity index (χ1v) is 11.1. The number of hydrogen-bond donors (Lipinski definition) is 1. The van der Waals surface area contributed by atoms with E-state index < -0.39 is 0 Å². The summed E-state index contributed by atoms with van der Waals surface area (Å²) in [6.07, 6.45) is 0. The fourth-order valence-corrected chi connectivity index (χ4v) is 4.36. The SMILES string of the molecule is COc1ccc(C)cc1NC(=O)CSc1nc2ccccc2n1Cc1cccc(C)c1. The normalized spacial score (nSPS) is 10.9. The molecule has 3 aromatic carbocycles. The molecule has 31 heavy (non-hydrogen) atoms. The van der Waals surface area contributed by atoms with Crippen molar-refractivity contribution in [1.29, 1.82) is 0 Å². The average Bonchev–Trinajstić information content (AvgIpc) is 3.10. The van der Waals surface area contributed by atoms with Crippen LogP contribution in [-0.4, -0.2) is 28.3 Å². The number of amides is 1. The monoisotopic (exact) mass is 431 g/mol. The van der Waals surface area contributed by atoms with Crippen LogP contribution >= 0.6 is 11.8 Å². The van der Waals surface area contributed by atoms with Gasteiger partial charge < -0.3 is 14.6 Å². The van der Waals surface area contributed by atoms with E-state index in [1.165, 1.54) is 22.9 Å². The summed E-state index contributed by atoms with van der Waals surface area (Å²) in [6, 6.07) is 22.3. The summed E-state index contributed by atoms with van der Waals surface area (Å²) in [4.78, 5) is 17.4. The number of aromatic nitrogens is 2. The number of hydrogen-bond acceptors (Lipinski definition) is 4. The lowest BCUT2D eigenvalue weighted by atomic mass is 10.1. The summed E-state index contributed by atoms with van der Waals surface area (Å²) in [5.41, 5.74) is 6.16. The molecule has 0 fully saturated rings. The number of nitrogens with one attached hydrogen (secondary N) is 1. The van der Waals surface area contributed by atoms with Crippen molar-refractivity contribution < 1.29 is 9.53 Å². The number of carbonyl (C=O) groups excluding carboxylic acids is 1.